The number of hydrogen-bond donors (Lipinski definition) is 1. The van der Waals surface area contributed by atoms with Crippen LogP contribution >= 0.6 is 0 Å². The van der Waals surface area contributed by atoms with Crippen LogP contribution in [0.3, 0.4) is 0 Å². The lowest BCUT2D eigenvalue weighted by atomic mass is 9.91. The number of nitrogens with zero attached hydrogens (tertiary/aromatic N) is 1. The molecule has 4 heteroatoms. The zero-order chi connectivity index (χ0) is 11.8. The van der Waals surface area contributed by atoms with Gasteiger partial charge in [0.05, 0.1) is 5.92 Å². The molecule has 0 bridgehead atoms. The van der Waals surface area contributed by atoms with Gasteiger partial charge in [-0.3, -0.25) is 9.69 Å². The van der Waals surface area contributed by atoms with Crippen LogP contribution in [0.2, 0.25) is 0 Å². The molecule has 4 nitrogen and oxygen atoms in total. The predicted octanol–water partition coefficient (Wildman–Crippen LogP) is 2.04. The average molecular weight is 236 g/mol. The molecular formula is C13H20N2O2. The van der Waals surface area contributed by atoms with Gasteiger partial charge in [-0.05, 0) is 25.7 Å². The number of hydrogen-bond acceptors (Lipinski definition) is 2. The lowest BCUT2D eigenvalue weighted by molar-refractivity contribution is -0.137. The quantitative estimate of drug-likeness (QED) is 0.757. The van der Waals surface area contributed by atoms with Crippen LogP contribution in [-0.2, 0) is 4.79 Å². The van der Waals surface area contributed by atoms with E-state index < -0.39 is 0 Å². The molecule has 3 rings (SSSR count). The lowest BCUT2D eigenvalue weighted by Gasteiger charge is -2.40. The van der Waals surface area contributed by atoms with E-state index in [1.165, 1.54) is 6.42 Å². The molecule has 3 amide bonds. The summed E-state index contributed by atoms with van der Waals surface area (Å²) in [6.07, 6.45) is 8.53. The summed E-state index contributed by atoms with van der Waals surface area (Å²) in [6.45, 7) is 0. The molecule has 0 radical (unpaired) electrons. The van der Waals surface area contributed by atoms with Crippen molar-refractivity contribution in [1.29, 1.82) is 0 Å². The second-order valence-corrected chi connectivity index (χ2v) is 5.59. The molecule has 2 unspecified atom stereocenters. The van der Waals surface area contributed by atoms with E-state index in [1.54, 1.807) is 4.90 Å². The number of carbonyl (C=O) groups is 2. The summed E-state index contributed by atoms with van der Waals surface area (Å²) in [5.41, 5.74) is 0. The maximum atomic E-state index is 12.4. The number of carbonyl (C=O) groups excluding carboxylic acids is 2. The topological polar surface area (TPSA) is 49.4 Å². The third-order valence-electron chi connectivity index (χ3n) is 4.54. The Morgan fingerprint density at radius 3 is 2.47 bits per heavy atom. The van der Waals surface area contributed by atoms with Crippen LogP contribution in [0.4, 0.5) is 4.79 Å². The second kappa shape index (κ2) is 4.31. The van der Waals surface area contributed by atoms with Crippen molar-refractivity contribution in [3.63, 3.8) is 0 Å². The van der Waals surface area contributed by atoms with E-state index in [-0.39, 0.29) is 29.9 Å². The van der Waals surface area contributed by atoms with Crippen LogP contribution in [0.5, 0.6) is 0 Å². The van der Waals surface area contributed by atoms with Crippen LogP contribution in [0.25, 0.3) is 0 Å². The molecule has 1 aliphatic heterocycles. The van der Waals surface area contributed by atoms with Crippen molar-refractivity contribution in [2.75, 3.05) is 0 Å². The van der Waals surface area contributed by atoms with E-state index in [0.29, 0.717) is 0 Å². The first kappa shape index (κ1) is 11.1. The molecule has 0 aromatic heterocycles. The number of rotatable bonds is 1. The summed E-state index contributed by atoms with van der Waals surface area (Å²) in [6, 6.07) is 0.151. The van der Waals surface area contributed by atoms with Gasteiger partial charge in [-0.25, -0.2) is 4.79 Å². The first-order valence-electron chi connectivity index (χ1n) is 6.91. The van der Waals surface area contributed by atoms with Gasteiger partial charge in [-0.15, -0.1) is 0 Å². The first-order chi connectivity index (χ1) is 8.27. The van der Waals surface area contributed by atoms with Crippen molar-refractivity contribution in [2.24, 2.45) is 5.92 Å². The van der Waals surface area contributed by atoms with Crippen LogP contribution in [0.1, 0.15) is 51.4 Å². The van der Waals surface area contributed by atoms with Gasteiger partial charge in [0, 0.05) is 12.1 Å². The maximum Gasteiger partial charge on any atom is 0.324 e. The van der Waals surface area contributed by atoms with Crippen molar-refractivity contribution in [3.05, 3.63) is 0 Å². The van der Waals surface area contributed by atoms with Gasteiger partial charge >= 0.3 is 6.03 Å². The Morgan fingerprint density at radius 2 is 1.71 bits per heavy atom. The highest BCUT2D eigenvalue weighted by atomic mass is 16.2. The number of fused-ring (bicyclic) bond motifs is 1. The molecule has 0 aromatic carbocycles. The molecule has 17 heavy (non-hydrogen) atoms. The Kier molecular flexibility index (Phi) is 2.81. The average Bonchev–Trinajstić information content (AvgIpc) is 2.78. The standard InChI is InChI=1S/C13H20N2O2/c16-12-10-7-4-8-11(10)14-13(17)15(12)9-5-2-1-3-6-9/h9-11H,1-8H2,(H,14,17). The highest BCUT2D eigenvalue weighted by molar-refractivity contribution is 5.99. The summed E-state index contributed by atoms with van der Waals surface area (Å²) < 4.78 is 0. The highest BCUT2D eigenvalue weighted by Gasteiger charge is 2.45. The maximum absolute atomic E-state index is 12.4. The van der Waals surface area contributed by atoms with Crippen LogP contribution < -0.4 is 5.32 Å². The molecule has 1 heterocycles. The molecule has 94 valence electrons. The third-order valence-corrected chi connectivity index (χ3v) is 4.54. The number of urea groups is 1. The minimum absolute atomic E-state index is 0.0645. The van der Waals surface area contributed by atoms with E-state index in [1.807, 2.05) is 0 Å². The molecule has 1 N–H and O–H groups in total. The second-order valence-electron chi connectivity index (χ2n) is 5.59. The van der Waals surface area contributed by atoms with E-state index in [2.05, 4.69) is 5.32 Å². The van der Waals surface area contributed by atoms with Gasteiger partial charge < -0.3 is 5.32 Å². The number of imide groups is 1. The zero-order valence-corrected chi connectivity index (χ0v) is 10.2. The summed E-state index contributed by atoms with van der Waals surface area (Å²) in [4.78, 5) is 26.0. The predicted molar refractivity (Wildman–Crippen MR) is 63.4 cm³/mol. The lowest BCUT2D eigenvalue weighted by Crippen LogP contribution is -2.61. The molecule has 2 saturated carbocycles. The minimum Gasteiger partial charge on any atom is -0.334 e. The largest absolute Gasteiger partial charge is 0.334 e. The number of nitrogens with one attached hydrogen (secondary N) is 1. The van der Waals surface area contributed by atoms with Crippen LogP contribution in [0, 0.1) is 5.92 Å². The first-order valence-corrected chi connectivity index (χ1v) is 6.91. The van der Waals surface area contributed by atoms with E-state index in [4.69, 9.17) is 0 Å². The Morgan fingerprint density at radius 1 is 0.941 bits per heavy atom. The van der Waals surface area contributed by atoms with Gasteiger partial charge in [0.25, 0.3) is 0 Å². The monoisotopic (exact) mass is 236 g/mol. The van der Waals surface area contributed by atoms with Crippen molar-refractivity contribution >= 4 is 11.9 Å². The Hall–Kier alpha value is -1.06. The third kappa shape index (κ3) is 1.83. The van der Waals surface area contributed by atoms with Gasteiger partial charge in [0.1, 0.15) is 0 Å². The molecule has 3 aliphatic rings. The Bertz CT molecular complexity index is 336. The van der Waals surface area contributed by atoms with E-state index in [9.17, 15) is 9.59 Å². The minimum atomic E-state index is -0.134. The summed E-state index contributed by atoms with van der Waals surface area (Å²) in [5.74, 6) is 0.165. The fraction of sp³-hybridized carbons (Fsp3) is 0.846. The Balaban J connectivity index is 1.78. The van der Waals surface area contributed by atoms with Crippen molar-refractivity contribution in [1.82, 2.24) is 10.2 Å². The smallest absolute Gasteiger partial charge is 0.324 e. The summed E-state index contributed by atoms with van der Waals surface area (Å²) >= 11 is 0. The number of amides is 3. The molecule has 0 spiro atoms. The van der Waals surface area contributed by atoms with Crippen LogP contribution in [-0.4, -0.2) is 28.9 Å². The molecule has 1 saturated heterocycles. The highest BCUT2D eigenvalue weighted by Crippen LogP contribution is 2.33. The van der Waals surface area contributed by atoms with Gasteiger partial charge in [-0.2, -0.15) is 0 Å². The molecule has 2 aliphatic carbocycles. The van der Waals surface area contributed by atoms with Gasteiger partial charge in [0.2, 0.25) is 5.91 Å². The van der Waals surface area contributed by atoms with Crippen molar-refractivity contribution in [3.8, 4) is 0 Å². The summed E-state index contributed by atoms with van der Waals surface area (Å²) in [5, 5.41) is 3.02. The summed E-state index contributed by atoms with van der Waals surface area (Å²) in [7, 11) is 0. The van der Waals surface area contributed by atoms with E-state index in [0.717, 1.165) is 44.9 Å². The molecule has 2 atom stereocenters. The van der Waals surface area contributed by atoms with Gasteiger partial charge in [-0.1, -0.05) is 25.7 Å². The molecule has 0 aromatic rings. The normalized spacial score (nSPS) is 34.7. The fourth-order valence-electron chi connectivity index (χ4n) is 3.62. The molecule has 3 fully saturated rings. The van der Waals surface area contributed by atoms with Crippen LogP contribution in [0.15, 0.2) is 0 Å². The molecular weight excluding hydrogens is 216 g/mol. The van der Waals surface area contributed by atoms with Crippen molar-refractivity contribution < 1.29 is 9.59 Å². The fourth-order valence-corrected chi connectivity index (χ4v) is 3.62. The van der Waals surface area contributed by atoms with Gasteiger partial charge in [0.15, 0.2) is 0 Å². The van der Waals surface area contributed by atoms with Crippen molar-refractivity contribution in [2.45, 2.75) is 63.5 Å². The zero-order valence-electron chi connectivity index (χ0n) is 10.2. The Labute approximate surface area is 102 Å². The van der Waals surface area contributed by atoms with E-state index >= 15 is 0 Å². The SMILES string of the molecule is O=C1NC2CCCC2C(=O)N1C1CCCCC1.